The van der Waals surface area contributed by atoms with Crippen molar-refractivity contribution in [2.45, 2.75) is 12.8 Å². The van der Waals surface area contributed by atoms with Gasteiger partial charge in [0.2, 0.25) is 5.91 Å². The van der Waals surface area contributed by atoms with Crippen molar-refractivity contribution >= 4 is 34.7 Å². The Labute approximate surface area is 163 Å². The van der Waals surface area contributed by atoms with Crippen molar-refractivity contribution in [2.24, 2.45) is 5.92 Å². The molecule has 0 atom stereocenters. The van der Waals surface area contributed by atoms with Gasteiger partial charge in [-0.15, -0.1) is 0 Å². The highest BCUT2D eigenvalue weighted by Gasteiger charge is 2.21. The molecule has 1 fully saturated rings. The maximum absolute atomic E-state index is 12.3. The molecule has 0 saturated carbocycles. The lowest BCUT2D eigenvalue weighted by Gasteiger charge is -2.21. The molecule has 1 aliphatic rings. The van der Waals surface area contributed by atoms with Crippen LogP contribution in [0.1, 0.15) is 12.8 Å². The number of hydrogen-bond donors (Lipinski definition) is 2. The zero-order valence-electron chi connectivity index (χ0n) is 15.3. The maximum atomic E-state index is 12.3. The molecular formula is C19H22ClN3O4. The summed E-state index contributed by atoms with van der Waals surface area (Å²) < 4.78 is 15.9. The summed E-state index contributed by atoms with van der Waals surface area (Å²) in [5.41, 5.74) is 1.43. The predicted octanol–water partition coefficient (Wildman–Crippen LogP) is 3.86. The average Bonchev–Trinajstić information content (AvgIpc) is 2.71. The first kappa shape index (κ1) is 19.3. The number of nitrogens with one attached hydrogen (secondary N) is 2. The van der Waals surface area contributed by atoms with Crippen LogP contribution >= 0.6 is 11.6 Å². The quantitative estimate of drug-likeness (QED) is 0.778. The van der Waals surface area contributed by atoms with Crippen molar-refractivity contribution in [3.63, 3.8) is 0 Å². The number of ether oxygens (including phenoxy) is 3. The monoisotopic (exact) mass is 391 g/mol. The van der Waals surface area contributed by atoms with Crippen LogP contribution in [-0.4, -0.2) is 38.3 Å². The van der Waals surface area contributed by atoms with Crippen LogP contribution in [0.2, 0.25) is 5.02 Å². The summed E-state index contributed by atoms with van der Waals surface area (Å²) >= 11 is 6.12. The van der Waals surface area contributed by atoms with Gasteiger partial charge in [0.25, 0.3) is 0 Å². The molecule has 1 amide bonds. The number of pyridine rings is 1. The van der Waals surface area contributed by atoms with Gasteiger partial charge in [-0.3, -0.25) is 4.79 Å². The molecule has 7 nitrogen and oxygen atoms in total. The smallest absolute Gasteiger partial charge is 0.228 e. The minimum absolute atomic E-state index is 0.0179. The van der Waals surface area contributed by atoms with E-state index < -0.39 is 0 Å². The van der Waals surface area contributed by atoms with E-state index in [1.165, 1.54) is 0 Å². The van der Waals surface area contributed by atoms with Gasteiger partial charge >= 0.3 is 0 Å². The number of anilines is 3. The van der Waals surface area contributed by atoms with Gasteiger partial charge in [-0.1, -0.05) is 11.6 Å². The Morgan fingerprint density at radius 1 is 1.19 bits per heavy atom. The molecule has 0 aliphatic carbocycles. The zero-order chi connectivity index (χ0) is 19.2. The van der Waals surface area contributed by atoms with Crippen LogP contribution in [0, 0.1) is 5.92 Å². The van der Waals surface area contributed by atoms with Gasteiger partial charge in [-0.25, -0.2) is 4.98 Å². The minimum atomic E-state index is -0.0239. The van der Waals surface area contributed by atoms with Crippen molar-refractivity contribution in [3.8, 4) is 11.5 Å². The van der Waals surface area contributed by atoms with Crippen molar-refractivity contribution < 1.29 is 19.0 Å². The predicted molar refractivity (Wildman–Crippen MR) is 104 cm³/mol. The zero-order valence-corrected chi connectivity index (χ0v) is 16.0. The molecular weight excluding hydrogens is 370 g/mol. The first-order chi connectivity index (χ1) is 13.1. The molecule has 1 aromatic carbocycles. The van der Waals surface area contributed by atoms with E-state index >= 15 is 0 Å². The molecule has 1 aromatic heterocycles. The Morgan fingerprint density at radius 3 is 2.56 bits per heavy atom. The molecule has 0 spiro atoms. The summed E-state index contributed by atoms with van der Waals surface area (Å²) in [4.78, 5) is 16.6. The average molecular weight is 392 g/mol. The summed E-state index contributed by atoms with van der Waals surface area (Å²) in [7, 11) is 3.12. The lowest BCUT2D eigenvalue weighted by Crippen LogP contribution is -2.28. The molecule has 0 unspecified atom stereocenters. The van der Waals surface area contributed by atoms with Crippen LogP contribution in [0.3, 0.4) is 0 Å². The highest BCUT2D eigenvalue weighted by Crippen LogP contribution is 2.37. The fraction of sp³-hybridized carbons (Fsp3) is 0.368. The van der Waals surface area contributed by atoms with Gasteiger partial charge < -0.3 is 24.8 Å². The lowest BCUT2D eigenvalue weighted by atomic mass is 9.99. The first-order valence-corrected chi connectivity index (χ1v) is 9.01. The van der Waals surface area contributed by atoms with Crippen LogP contribution in [0.15, 0.2) is 30.5 Å². The summed E-state index contributed by atoms with van der Waals surface area (Å²) in [6.07, 6.45) is 3.12. The van der Waals surface area contributed by atoms with Gasteiger partial charge in [-0.2, -0.15) is 0 Å². The molecule has 0 bridgehead atoms. The van der Waals surface area contributed by atoms with Crippen molar-refractivity contribution in [3.05, 3.63) is 35.5 Å². The molecule has 3 rings (SSSR count). The van der Waals surface area contributed by atoms with E-state index in [9.17, 15) is 4.79 Å². The standard InChI is InChI=1S/C19H22ClN3O4/c1-25-16-10-15(17(26-2)9-14(16)20)22-13-3-4-18(21-11-13)23-19(24)12-5-7-27-8-6-12/h3-4,9-12,22H,5-8H2,1-2H3,(H,21,23,24). The molecule has 144 valence electrons. The second-order valence-electron chi connectivity index (χ2n) is 6.12. The normalized spacial score (nSPS) is 14.5. The third-order valence-electron chi connectivity index (χ3n) is 4.36. The molecule has 8 heteroatoms. The molecule has 2 heterocycles. The van der Waals surface area contributed by atoms with Crippen LogP contribution in [-0.2, 0) is 9.53 Å². The largest absolute Gasteiger partial charge is 0.495 e. The van der Waals surface area contributed by atoms with Gasteiger partial charge in [0.15, 0.2) is 0 Å². The Kier molecular flexibility index (Phi) is 6.36. The molecule has 0 radical (unpaired) electrons. The number of hydrogen-bond acceptors (Lipinski definition) is 6. The topological polar surface area (TPSA) is 81.7 Å². The van der Waals surface area contributed by atoms with E-state index in [4.69, 9.17) is 25.8 Å². The number of halogens is 1. The number of aromatic nitrogens is 1. The highest BCUT2D eigenvalue weighted by molar-refractivity contribution is 6.32. The number of benzene rings is 1. The van der Waals surface area contributed by atoms with E-state index in [1.807, 2.05) is 6.07 Å². The third-order valence-corrected chi connectivity index (χ3v) is 4.66. The van der Waals surface area contributed by atoms with Gasteiger partial charge in [-0.05, 0) is 25.0 Å². The molecule has 27 heavy (non-hydrogen) atoms. The van der Waals surface area contributed by atoms with E-state index in [0.717, 1.165) is 18.5 Å². The Balaban J connectivity index is 1.68. The number of methoxy groups -OCH3 is 2. The van der Waals surface area contributed by atoms with Crippen molar-refractivity contribution in [2.75, 3.05) is 38.1 Å². The van der Waals surface area contributed by atoms with Gasteiger partial charge in [0.1, 0.15) is 17.3 Å². The fourth-order valence-corrected chi connectivity index (χ4v) is 3.07. The fourth-order valence-electron chi connectivity index (χ4n) is 2.84. The third kappa shape index (κ3) is 4.81. The Hall–Kier alpha value is -2.51. The van der Waals surface area contributed by atoms with Crippen LogP contribution < -0.4 is 20.1 Å². The number of carbonyl (C=O) groups excluding carboxylic acids is 1. The van der Waals surface area contributed by atoms with Crippen molar-refractivity contribution in [1.82, 2.24) is 4.98 Å². The molecule has 1 saturated heterocycles. The number of amides is 1. The summed E-state index contributed by atoms with van der Waals surface area (Å²) in [6.45, 7) is 1.25. The maximum Gasteiger partial charge on any atom is 0.228 e. The SMILES string of the molecule is COc1cc(Nc2ccc(NC(=O)C3CCOCC3)nc2)c(OC)cc1Cl. The van der Waals surface area contributed by atoms with Crippen LogP contribution in [0.25, 0.3) is 0 Å². The number of nitrogens with zero attached hydrogens (tertiary/aromatic N) is 1. The lowest BCUT2D eigenvalue weighted by molar-refractivity contribution is -0.122. The van der Waals surface area contributed by atoms with Gasteiger partial charge in [0.05, 0.1) is 36.8 Å². The van der Waals surface area contributed by atoms with Gasteiger partial charge in [0, 0.05) is 31.3 Å². The van der Waals surface area contributed by atoms with E-state index in [2.05, 4.69) is 15.6 Å². The second-order valence-corrected chi connectivity index (χ2v) is 6.53. The summed E-state index contributed by atoms with van der Waals surface area (Å²) in [5.74, 6) is 1.59. The van der Waals surface area contributed by atoms with E-state index in [1.54, 1.807) is 38.6 Å². The molecule has 2 N–H and O–H groups in total. The first-order valence-electron chi connectivity index (χ1n) is 8.64. The summed E-state index contributed by atoms with van der Waals surface area (Å²) in [5, 5.41) is 6.53. The minimum Gasteiger partial charge on any atom is -0.495 e. The molecule has 2 aromatic rings. The molecule has 1 aliphatic heterocycles. The van der Waals surface area contributed by atoms with E-state index in [-0.39, 0.29) is 11.8 Å². The van der Waals surface area contributed by atoms with Crippen LogP contribution in [0.5, 0.6) is 11.5 Å². The highest BCUT2D eigenvalue weighted by atomic mass is 35.5. The van der Waals surface area contributed by atoms with E-state index in [0.29, 0.717) is 41.2 Å². The van der Waals surface area contributed by atoms with Crippen LogP contribution in [0.4, 0.5) is 17.2 Å². The number of rotatable bonds is 6. The summed E-state index contributed by atoms with van der Waals surface area (Å²) in [6, 6.07) is 7.01. The van der Waals surface area contributed by atoms with Crippen molar-refractivity contribution in [1.29, 1.82) is 0 Å². The Bertz CT molecular complexity index is 792. The Morgan fingerprint density at radius 2 is 1.93 bits per heavy atom. The number of carbonyl (C=O) groups is 1. The second kappa shape index (κ2) is 8.92.